The normalized spacial score (nSPS) is 20.6. The summed E-state index contributed by atoms with van der Waals surface area (Å²) in [7, 11) is 0. The summed E-state index contributed by atoms with van der Waals surface area (Å²) in [5.41, 5.74) is 3.61. The number of amides is 1. The van der Waals surface area contributed by atoms with E-state index in [0.717, 1.165) is 18.5 Å². The van der Waals surface area contributed by atoms with Crippen LogP contribution in [0, 0.1) is 12.8 Å². The summed E-state index contributed by atoms with van der Waals surface area (Å²) in [6, 6.07) is 16.1. The van der Waals surface area contributed by atoms with Gasteiger partial charge in [-0.1, -0.05) is 41.4 Å². The van der Waals surface area contributed by atoms with Gasteiger partial charge in [-0.05, 0) is 74.3 Å². The molecule has 0 aromatic heterocycles. The summed E-state index contributed by atoms with van der Waals surface area (Å²) in [5.74, 6) is 1.26. The minimum absolute atomic E-state index is 0.108. The van der Waals surface area contributed by atoms with Gasteiger partial charge in [-0.25, -0.2) is 0 Å². The Morgan fingerprint density at radius 1 is 1.08 bits per heavy atom. The van der Waals surface area contributed by atoms with E-state index in [1.807, 2.05) is 12.1 Å². The highest BCUT2D eigenvalue weighted by atomic mass is 35.5. The van der Waals surface area contributed by atoms with Gasteiger partial charge < -0.3 is 5.32 Å². The second-order valence-electron chi connectivity index (χ2n) is 6.89. The van der Waals surface area contributed by atoms with E-state index in [1.54, 1.807) is 12.1 Å². The molecule has 1 amide bonds. The third-order valence-electron chi connectivity index (χ3n) is 4.96. The summed E-state index contributed by atoms with van der Waals surface area (Å²) in [4.78, 5) is 12.2. The Labute approximate surface area is 149 Å². The molecule has 3 heteroatoms. The molecule has 2 aromatic carbocycles. The van der Waals surface area contributed by atoms with Gasteiger partial charge in [0.2, 0.25) is 5.91 Å². The number of benzene rings is 2. The van der Waals surface area contributed by atoms with E-state index in [-0.39, 0.29) is 5.91 Å². The molecule has 2 nitrogen and oxygen atoms in total. The van der Waals surface area contributed by atoms with Crippen LogP contribution in [0.4, 0.5) is 5.69 Å². The third-order valence-corrected chi connectivity index (χ3v) is 5.21. The smallest absolute Gasteiger partial charge is 0.224 e. The van der Waals surface area contributed by atoms with E-state index in [0.29, 0.717) is 23.3 Å². The molecule has 1 aliphatic rings. The fourth-order valence-electron chi connectivity index (χ4n) is 3.63. The summed E-state index contributed by atoms with van der Waals surface area (Å²) in [6.45, 7) is 2.15. The van der Waals surface area contributed by atoms with Crippen molar-refractivity contribution in [2.24, 2.45) is 5.92 Å². The first-order chi connectivity index (χ1) is 11.6. The number of carbonyl (C=O) groups is 1. The number of nitrogens with one attached hydrogen (secondary N) is 1. The monoisotopic (exact) mass is 341 g/mol. The number of anilines is 1. The van der Waals surface area contributed by atoms with Crippen molar-refractivity contribution in [3.05, 3.63) is 64.7 Å². The van der Waals surface area contributed by atoms with Gasteiger partial charge in [0.1, 0.15) is 0 Å². The minimum Gasteiger partial charge on any atom is -0.326 e. The third kappa shape index (κ3) is 4.61. The van der Waals surface area contributed by atoms with Crippen LogP contribution in [-0.4, -0.2) is 5.91 Å². The largest absolute Gasteiger partial charge is 0.326 e. The van der Waals surface area contributed by atoms with Crippen LogP contribution in [0.25, 0.3) is 0 Å². The van der Waals surface area contributed by atoms with Gasteiger partial charge in [0.25, 0.3) is 0 Å². The average molecular weight is 342 g/mol. The lowest BCUT2D eigenvalue weighted by molar-refractivity contribution is -0.117. The zero-order valence-corrected chi connectivity index (χ0v) is 14.9. The van der Waals surface area contributed by atoms with Crippen molar-refractivity contribution in [2.75, 3.05) is 5.32 Å². The van der Waals surface area contributed by atoms with E-state index >= 15 is 0 Å². The predicted molar refractivity (Wildman–Crippen MR) is 101 cm³/mol. The lowest BCUT2D eigenvalue weighted by Gasteiger charge is -2.28. The van der Waals surface area contributed by atoms with Crippen LogP contribution < -0.4 is 5.32 Å². The predicted octanol–water partition coefficient (Wildman–Crippen LogP) is 5.95. The fraction of sp³-hybridized carbons (Fsp3) is 0.381. The maximum atomic E-state index is 12.2. The lowest BCUT2D eigenvalue weighted by Crippen LogP contribution is -2.20. The Bertz CT molecular complexity index is 687. The zero-order valence-electron chi connectivity index (χ0n) is 14.1. The van der Waals surface area contributed by atoms with Gasteiger partial charge >= 0.3 is 0 Å². The van der Waals surface area contributed by atoms with Gasteiger partial charge in [0.15, 0.2) is 0 Å². The number of rotatable bonds is 4. The molecule has 0 atom stereocenters. The second kappa shape index (κ2) is 7.85. The summed E-state index contributed by atoms with van der Waals surface area (Å²) in [6.07, 6.45) is 5.24. The molecular formula is C21H24ClNO. The van der Waals surface area contributed by atoms with E-state index in [2.05, 4.69) is 36.5 Å². The lowest BCUT2D eigenvalue weighted by atomic mass is 9.77. The first-order valence-corrected chi connectivity index (χ1v) is 9.10. The summed E-state index contributed by atoms with van der Waals surface area (Å²) >= 11 is 5.87. The van der Waals surface area contributed by atoms with E-state index in [9.17, 15) is 4.79 Å². The highest BCUT2D eigenvalue weighted by Crippen LogP contribution is 2.37. The standard InChI is InChI=1S/C21H24ClNO/c1-15-3-2-4-18(13-15)17-7-5-16(6-8-17)14-21(24)23-20-11-9-19(22)10-12-20/h2-4,9-13,16-17H,5-8,14H2,1H3,(H,23,24). The van der Waals surface area contributed by atoms with E-state index in [4.69, 9.17) is 11.6 Å². The van der Waals surface area contributed by atoms with Crippen LogP contribution in [0.5, 0.6) is 0 Å². The van der Waals surface area contributed by atoms with Crippen molar-refractivity contribution in [3.63, 3.8) is 0 Å². The number of halogens is 1. The Morgan fingerprint density at radius 3 is 2.46 bits per heavy atom. The highest BCUT2D eigenvalue weighted by Gasteiger charge is 2.24. The Hall–Kier alpha value is -1.80. The van der Waals surface area contributed by atoms with Gasteiger partial charge in [-0.15, -0.1) is 0 Å². The van der Waals surface area contributed by atoms with Gasteiger partial charge in [0, 0.05) is 17.1 Å². The quantitative estimate of drug-likeness (QED) is 0.731. The Kier molecular flexibility index (Phi) is 5.57. The van der Waals surface area contributed by atoms with Crippen molar-refractivity contribution >= 4 is 23.2 Å². The highest BCUT2D eigenvalue weighted by molar-refractivity contribution is 6.30. The molecule has 1 saturated carbocycles. The van der Waals surface area contributed by atoms with Crippen LogP contribution >= 0.6 is 11.6 Å². The second-order valence-corrected chi connectivity index (χ2v) is 7.33. The average Bonchev–Trinajstić information content (AvgIpc) is 2.58. The molecule has 1 fully saturated rings. The van der Waals surface area contributed by atoms with Crippen LogP contribution in [0.3, 0.4) is 0 Å². The van der Waals surface area contributed by atoms with Gasteiger partial charge in [0.05, 0.1) is 0 Å². The number of hydrogen-bond acceptors (Lipinski definition) is 1. The Morgan fingerprint density at radius 2 is 1.79 bits per heavy atom. The Balaban J connectivity index is 1.48. The number of hydrogen-bond donors (Lipinski definition) is 1. The molecule has 0 bridgehead atoms. The molecule has 126 valence electrons. The first kappa shape index (κ1) is 17.0. The number of carbonyl (C=O) groups excluding carboxylic acids is 1. The maximum Gasteiger partial charge on any atom is 0.224 e. The summed E-state index contributed by atoms with van der Waals surface area (Å²) < 4.78 is 0. The van der Waals surface area contributed by atoms with Crippen molar-refractivity contribution < 1.29 is 4.79 Å². The molecule has 1 N–H and O–H groups in total. The van der Waals surface area contributed by atoms with Gasteiger partial charge in [-0.2, -0.15) is 0 Å². The molecule has 1 aliphatic carbocycles. The molecule has 0 radical (unpaired) electrons. The molecule has 24 heavy (non-hydrogen) atoms. The van der Waals surface area contributed by atoms with Crippen molar-refractivity contribution in [1.29, 1.82) is 0 Å². The van der Waals surface area contributed by atoms with Crippen LogP contribution in [0.15, 0.2) is 48.5 Å². The SMILES string of the molecule is Cc1cccc(C2CCC(CC(=O)Nc3ccc(Cl)cc3)CC2)c1. The molecule has 0 unspecified atom stereocenters. The van der Waals surface area contributed by atoms with Crippen molar-refractivity contribution in [3.8, 4) is 0 Å². The fourth-order valence-corrected chi connectivity index (χ4v) is 3.76. The molecule has 0 aliphatic heterocycles. The van der Waals surface area contributed by atoms with E-state index in [1.165, 1.54) is 24.0 Å². The van der Waals surface area contributed by atoms with Crippen LogP contribution in [-0.2, 0) is 4.79 Å². The number of aryl methyl sites for hydroxylation is 1. The van der Waals surface area contributed by atoms with Crippen molar-refractivity contribution in [2.45, 2.75) is 44.9 Å². The zero-order chi connectivity index (χ0) is 16.9. The summed E-state index contributed by atoms with van der Waals surface area (Å²) in [5, 5.41) is 3.65. The topological polar surface area (TPSA) is 29.1 Å². The molecule has 2 aromatic rings. The van der Waals surface area contributed by atoms with Crippen LogP contribution in [0.1, 0.15) is 49.1 Å². The first-order valence-electron chi connectivity index (χ1n) is 8.72. The molecule has 0 saturated heterocycles. The molecule has 0 spiro atoms. The van der Waals surface area contributed by atoms with Gasteiger partial charge in [-0.3, -0.25) is 4.79 Å². The van der Waals surface area contributed by atoms with E-state index < -0.39 is 0 Å². The minimum atomic E-state index is 0.108. The van der Waals surface area contributed by atoms with Crippen LogP contribution in [0.2, 0.25) is 5.02 Å². The molecule has 0 heterocycles. The maximum absolute atomic E-state index is 12.2. The molecule has 3 rings (SSSR count). The molecular weight excluding hydrogens is 318 g/mol. The van der Waals surface area contributed by atoms with Crippen molar-refractivity contribution in [1.82, 2.24) is 0 Å².